The number of hydrogen-bond donors (Lipinski definition) is 2. The molecule has 20 heavy (non-hydrogen) atoms. The maximum Gasteiger partial charge on any atom is 0.249 e. The molecule has 0 aliphatic heterocycles. The molecule has 0 amide bonds. The summed E-state index contributed by atoms with van der Waals surface area (Å²) in [5, 5.41) is 7.56. The lowest BCUT2D eigenvalue weighted by Crippen LogP contribution is -2.24. The third-order valence-electron chi connectivity index (χ3n) is 2.60. The molecule has 2 rings (SSSR count). The second-order valence-electron chi connectivity index (χ2n) is 4.21. The lowest BCUT2D eigenvalue weighted by Gasteiger charge is -2.12. The van der Waals surface area contributed by atoms with Crippen molar-refractivity contribution in [3.05, 3.63) is 18.5 Å². The molecule has 0 unspecified atom stereocenters. The molecule has 2 aromatic heterocycles. The molecule has 110 valence electrons. The molecule has 0 bridgehead atoms. The molecule has 0 atom stereocenters. The summed E-state index contributed by atoms with van der Waals surface area (Å²) in [6.07, 6.45) is 3.52. The van der Waals surface area contributed by atoms with Crippen LogP contribution in [-0.4, -0.2) is 47.5 Å². The van der Waals surface area contributed by atoms with E-state index < -0.39 is 10.0 Å². The number of nitrogens with two attached hydrogens (primary N) is 1. The van der Waals surface area contributed by atoms with E-state index in [1.165, 1.54) is 14.1 Å². The number of aromatic nitrogens is 3. The normalized spacial score (nSPS) is 11.9. The topological polar surface area (TPSA) is 106 Å². The number of hydrogen-bond acceptors (Lipinski definition) is 7. The van der Waals surface area contributed by atoms with Crippen LogP contribution in [0.1, 0.15) is 0 Å². The zero-order chi connectivity index (χ0) is 14.8. The highest BCUT2D eigenvalue weighted by molar-refractivity contribution is 7.89. The number of sulfonamides is 1. The van der Waals surface area contributed by atoms with Crippen molar-refractivity contribution < 1.29 is 8.42 Å². The van der Waals surface area contributed by atoms with Crippen LogP contribution in [0.5, 0.6) is 0 Å². The highest BCUT2D eigenvalue weighted by Crippen LogP contribution is 2.32. The van der Waals surface area contributed by atoms with Crippen LogP contribution in [0.25, 0.3) is 0 Å². The van der Waals surface area contributed by atoms with Gasteiger partial charge in [0.05, 0.1) is 6.54 Å². The Morgan fingerprint density at radius 2 is 2.25 bits per heavy atom. The van der Waals surface area contributed by atoms with Gasteiger partial charge in [-0.05, 0) is 17.6 Å². The molecule has 0 spiro atoms. The van der Waals surface area contributed by atoms with Gasteiger partial charge in [-0.1, -0.05) is 0 Å². The fraction of sp³-hybridized carbons (Fsp3) is 0.400. The van der Waals surface area contributed by atoms with Gasteiger partial charge < -0.3 is 11.1 Å². The van der Waals surface area contributed by atoms with Gasteiger partial charge in [0, 0.05) is 33.0 Å². The molecule has 3 N–H and O–H groups in total. The van der Waals surface area contributed by atoms with Crippen molar-refractivity contribution in [3.63, 3.8) is 0 Å². The SMILES string of the molecule is CN(C)S(=O)(=O)c1c(N)nsc1NCCn1cccn1. The second-order valence-corrected chi connectivity index (χ2v) is 7.07. The Hall–Kier alpha value is -1.65. The van der Waals surface area contributed by atoms with Gasteiger partial charge >= 0.3 is 0 Å². The summed E-state index contributed by atoms with van der Waals surface area (Å²) in [7, 11) is -0.691. The number of rotatable bonds is 6. The Kier molecular flexibility index (Phi) is 4.26. The molecule has 0 aliphatic carbocycles. The zero-order valence-electron chi connectivity index (χ0n) is 11.1. The van der Waals surface area contributed by atoms with Gasteiger partial charge in [0.1, 0.15) is 5.00 Å². The summed E-state index contributed by atoms with van der Waals surface area (Å²) in [6.45, 7) is 1.14. The first-order valence-electron chi connectivity index (χ1n) is 5.82. The van der Waals surface area contributed by atoms with Crippen LogP contribution in [-0.2, 0) is 16.6 Å². The molecule has 0 saturated heterocycles. The quantitative estimate of drug-likeness (QED) is 0.793. The Morgan fingerprint density at radius 1 is 1.50 bits per heavy atom. The molecular formula is C10H16N6O2S2. The lowest BCUT2D eigenvalue weighted by molar-refractivity contribution is 0.521. The zero-order valence-corrected chi connectivity index (χ0v) is 12.8. The summed E-state index contributed by atoms with van der Waals surface area (Å²) in [6, 6.07) is 1.83. The fourth-order valence-electron chi connectivity index (χ4n) is 1.56. The number of anilines is 2. The van der Waals surface area contributed by atoms with Crippen LogP contribution in [0.4, 0.5) is 10.8 Å². The van der Waals surface area contributed by atoms with E-state index in [0.29, 0.717) is 18.1 Å². The smallest absolute Gasteiger partial charge is 0.249 e. The fourth-order valence-corrected chi connectivity index (χ4v) is 3.66. The minimum Gasteiger partial charge on any atom is -0.382 e. The van der Waals surface area contributed by atoms with Crippen molar-refractivity contribution >= 4 is 32.4 Å². The van der Waals surface area contributed by atoms with Crippen molar-refractivity contribution in [1.29, 1.82) is 0 Å². The molecule has 2 aromatic rings. The Balaban J connectivity index is 2.13. The summed E-state index contributed by atoms with van der Waals surface area (Å²) >= 11 is 1.04. The van der Waals surface area contributed by atoms with Crippen LogP contribution < -0.4 is 11.1 Å². The monoisotopic (exact) mass is 316 g/mol. The van der Waals surface area contributed by atoms with Gasteiger partial charge in [0.15, 0.2) is 10.7 Å². The largest absolute Gasteiger partial charge is 0.382 e. The summed E-state index contributed by atoms with van der Waals surface area (Å²) < 4.78 is 31.1. The van der Waals surface area contributed by atoms with Crippen molar-refractivity contribution in [2.75, 3.05) is 31.7 Å². The number of nitrogens with zero attached hydrogens (tertiary/aromatic N) is 4. The Morgan fingerprint density at radius 3 is 2.85 bits per heavy atom. The predicted octanol–water partition coefficient (Wildman–Crippen LogP) is 0.284. The summed E-state index contributed by atoms with van der Waals surface area (Å²) in [5.74, 6) is 0.0188. The lowest BCUT2D eigenvalue weighted by atomic mass is 10.5. The van der Waals surface area contributed by atoms with E-state index in [4.69, 9.17) is 5.73 Å². The van der Waals surface area contributed by atoms with E-state index in [1.807, 2.05) is 12.3 Å². The van der Waals surface area contributed by atoms with Crippen molar-refractivity contribution in [2.24, 2.45) is 0 Å². The average Bonchev–Trinajstić information content (AvgIpc) is 2.99. The third-order valence-corrected chi connectivity index (χ3v) is 5.44. The number of nitrogens with one attached hydrogen (secondary N) is 1. The molecule has 0 fully saturated rings. The minimum atomic E-state index is -3.61. The molecule has 2 heterocycles. The van der Waals surface area contributed by atoms with Crippen LogP contribution in [0.3, 0.4) is 0 Å². The van der Waals surface area contributed by atoms with E-state index >= 15 is 0 Å². The first kappa shape index (κ1) is 14.8. The second kappa shape index (κ2) is 5.77. The van der Waals surface area contributed by atoms with Crippen molar-refractivity contribution in [3.8, 4) is 0 Å². The first-order chi connectivity index (χ1) is 9.43. The predicted molar refractivity (Wildman–Crippen MR) is 78.1 cm³/mol. The van der Waals surface area contributed by atoms with Crippen LogP contribution in [0.15, 0.2) is 23.4 Å². The molecule has 0 aromatic carbocycles. The van der Waals surface area contributed by atoms with E-state index in [9.17, 15) is 8.42 Å². The summed E-state index contributed by atoms with van der Waals surface area (Å²) in [4.78, 5) is 0.0352. The van der Waals surface area contributed by atoms with Gasteiger partial charge in [-0.15, -0.1) is 0 Å². The van der Waals surface area contributed by atoms with Gasteiger partial charge in [-0.25, -0.2) is 12.7 Å². The van der Waals surface area contributed by atoms with Gasteiger partial charge in [-0.2, -0.15) is 9.47 Å². The van der Waals surface area contributed by atoms with Gasteiger partial charge in [0.25, 0.3) is 0 Å². The third kappa shape index (κ3) is 2.92. The summed E-state index contributed by atoms with van der Waals surface area (Å²) in [5.41, 5.74) is 5.67. The Labute approximate surface area is 121 Å². The number of nitrogen functional groups attached to an aromatic ring is 1. The highest BCUT2D eigenvalue weighted by atomic mass is 32.2. The molecule has 0 radical (unpaired) electrons. The maximum atomic E-state index is 12.2. The van der Waals surface area contributed by atoms with Gasteiger partial charge in [0.2, 0.25) is 10.0 Å². The molecular weight excluding hydrogens is 300 g/mol. The van der Waals surface area contributed by atoms with Gasteiger partial charge in [-0.3, -0.25) is 4.68 Å². The molecule has 8 nitrogen and oxygen atoms in total. The minimum absolute atomic E-state index is 0.0188. The van der Waals surface area contributed by atoms with E-state index in [1.54, 1.807) is 10.9 Å². The van der Waals surface area contributed by atoms with Crippen molar-refractivity contribution in [1.82, 2.24) is 18.5 Å². The Bertz CT molecular complexity index is 662. The average molecular weight is 316 g/mol. The maximum absolute atomic E-state index is 12.2. The van der Waals surface area contributed by atoms with Crippen LogP contribution in [0, 0.1) is 0 Å². The van der Waals surface area contributed by atoms with Crippen molar-refractivity contribution in [2.45, 2.75) is 11.4 Å². The van der Waals surface area contributed by atoms with E-state index in [-0.39, 0.29) is 10.7 Å². The molecule has 0 aliphatic rings. The van der Waals surface area contributed by atoms with Crippen LogP contribution in [0.2, 0.25) is 0 Å². The van der Waals surface area contributed by atoms with Crippen LogP contribution >= 0.6 is 11.5 Å². The molecule has 0 saturated carbocycles. The molecule has 10 heteroatoms. The highest BCUT2D eigenvalue weighted by Gasteiger charge is 2.27. The first-order valence-corrected chi connectivity index (χ1v) is 8.03. The standard InChI is InChI=1S/C10H16N6O2S2/c1-15(2)20(17,18)8-9(11)14-19-10(8)12-5-7-16-6-3-4-13-16/h3-4,6,12H,5,7H2,1-2H3,(H2,11,14). The van der Waals surface area contributed by atoms with E-state index in [0.717, 1.165) is 15.8 Å². The van der Waals surface area contributed by atoms with E-state index in [2.05, 4.69) is 14.8 Å².